The van der Waals surface area contributed by atoms with Gasteiger partial charge in [0, 0.05) is 24.2 Å². The predicted octanol–water partition coefficient (Wildman–Crippen LogP) is 5.86. The molecule has 0 unspecified atom stereocenters. The standard InChI is InChI=1S/C25H17N3/c26-18-19-14-16-21(17-15-19)28-24-12-6-4-10-22(24)27(20-8-2-1-3-9-20)23-11-5-7-13-25(23)28/h1-4,6,8-10,12,14-17H,5,11H2. The third kappa shape index (κ3) is 2.54. The first kappa shape index (κ1) is 16.2. The van der Waals surface area contributed by atoms with Crippen molar-refractivity contribution in [1.82, 2.24) is 0 Å². The van der Waals surface area contributed by atoms with Gasteiger partial charge in [0.15, 0.2) is 0 Å². The number of rotatable bonds is 2. The highest BCUT2D eigenvalue weighted by Gasteiger charge is 2.32. The summed E-state index contributed by atoms with van der Waals surface area (Å²) in [5, 5.41) is 9.14. The maximum absolute atomic E-state index is 9.14. The molecule has 0 fully saturated rings. The van der Waals surface area contributed by atoms with Crippen LogP contribution in [0.3, 0.4) is 0 Å². The van der Waals surface area contributed by atoms with Crippen LogP contribution in [0, 0.1) is 23.2 Å². The van der Waals surface area contributed by atoms with Crippen molar-refractivity contribution in [2.24, 2.45) is 0 Å². The number of allylic oxidation sites excluding steroid dienone is 2. The molecule has 3 aromatic carbocycles. The van der Waals surface area contributed by atoms with Crippen molar-refractivity contribution in [3.8, 4) is 17.9 Å². The number of nitrogens with zero attached hydrogens (tertiary/aromatic N) is 3. The first-order valence-electron chi connectivity index (χ1n) is 9.33. The molecule has 0 radical (unpaired) electrons. The molecule has 0 bridgehead atoms. The third-order valence-corrected chi connectivity index (χ3v) is 5.09. The lowest BCUT2D eigenvalue weighted by molar-refractivity contribution is 0.893. The summed E-state index contributed by atoms with van der Waals surface area (Å²) in [7, 11) is 0. The summed E-state index contributed by atoms with van der Waals surface area (Å²) >= 11 is 0. The number of hydrogen-bond donors (Lipinski definition) is 0. The summed E-state index contributed by atoms with van der Waals surface area (Å²) in [4.78, 5) is 4.55. The first-order chi connectivity index (χ1) is 13.9. The smallest absolute Gasteiger partial charge is 0.117 e. The van der Waals surface area contributed by atoms with Crippen LogP contribution in [0.15, 0.2) is 90.3 Å². The Morgan fingerprint density at radius 2 is 1.39 bits per heavy atom. The van der Waals surface area contributed by atoms with Crippen LogP contribution < -0.4 is 9.80 Å². The molecule has 1 aliphatic heterocycles. The summed E-state index contributed by atoms with van der Waals surface area (Å²) in [5.74, 6) is 6.67. The fourth-order valence-electron chi connectivity index (χ4n) is 3.85. The van der Waals surface area contributed by atoms with Gasteiger partial charge in [-0.1, -0.05) is 36.3 Å². The highest BCUT2D eigenvalue weighted by molar-refractivity contribution is 5.91. The highest BCUT2D eigenvalue weighted by atomic mass is 15.3. The molecule has 2 aliphatic rings. The van der Waals surface area contributed by atoms with Crippen LogP contribution in [0.1, 0.15) is 18.4 Å². The lowest BCUT2D eigenvalue weighted by Crippen LogP contribution is -2.32. The van der Waals surface area contributed by atoms with Gasteiger partial charge in [0.05, 0.1) is 28.7 Å². The van der Waals surface area contributed by atoms with Crippen molar-refractivity contribution in [2.45, 2.75) is 12.8 Å². The molecule has 0 saturated carbocycles. The molecule has 1 aliphatic carbocycles. The molecule has 3 nitrogen and oxygen atoms in total. The van der Waals surface area contributed by atoms with Gasteiger partial charge < -0.3 is 4.90 Å². The van der Waals surface area contributed by atoms with Crippen LogP contribution in [0.2, 0.25) is 0 Å². The van der Waals surface area contributed by atoms with Gasteiger partial charge in [-0.2, -0.15) is 5.26 Å². The van der Waals surface area contributed by atoms with Crippen molar-refractivity contribution >= 4 is 22.7 Å². The molecular formula is C25H17N3. The second kappa shape index (κ2) is 6.65. The van der Waals surface area contributed by atoms with Gasteiger partial charge in [-0.15, -0.1) is 0 Å². The van der Waals surface area contributed by atoms with Crippen molar-refractivity contribution in [3.05, 3.63) is 95.8 Å². The van der Waals surface area contributed by atoms with Gasteiger partial charge in [0.1, 0.15) is 5.70 Å². The monoisotopic (exact) mass is 359 g/mol. The zero-order chi connectivity index (χ0) is 18.9. The number of benzene rings is 3. The van der Waals surface area contributed by atoms with Crippen LogP contribution in [0.25, 0.3) is 0 Å². The van der Waals surface area contributed by atoms with Gasteiger partial charge >= 0.3 is 0 Å². The topological polar surface area (TPSA) is 30.3 Å². The summed E-state index contributed by atoms with van der Waals surface area (Å²) < 4.78 is 0. The minimum Gasteiger partial charge on any atom is -0.309 e. The van der Waals surface area contributed by atoms with Crippen LogP contribution in [-0.4, -0.2) is 0 Å². The molecule has 0 saturated heterocycles. The molecule has 3 aromatic rings. The SMILES string of the molecule is N#Cc1ccc(N2C3=C(CCC#C3)N(c3ccccc3)c3ccccc32)cc1. The molecule has 1 heterocycles. The Morgan fingerprint density at radius 1 is 0.750 bits per heavy atom. The van der Waals surface area contributed by atoms with Crippen LogP contribution in [0.4, 0.5) is 22.7 Å². The van der Waals surface area contributed by atoms with Gasteiger partial charge in [0.25, 0.3) is 0 Å². The van der Waals surface area contributed by atoms with Crippen molar-refractivity contribution in [3.63, 3.8) is 0 Å². The fraction of sp³-hybridized carbons (Fsp3) is 0.0800. The van der Waals surface area contributed by atoms with E-state index < -0.39 is 0 Å². The molecule has 0 amide bonds. The predicted molar refractivity (Wildman–Crippen MR) is 112 cm³/mol. The Morgan fingerprint density at radius 3 is 2.11 bits per heavy atom. The second-order valence-corrected chi connectivity index (χ2v) is 6.75. The second-order valence-electron chi connectivity index (χ2n) is 6.75. The van der Waals surface area contributed by atoms with Gasteiger partial charge in [-0.05, 0) is 54.5 Å². The maximum atomic E-state index is 9.14. The quantitative estimate of drug-likeness (QED) is 0.537. The van der Waals surface area contributed by atoms with Gasteiger partial charge in [0.2, 0.25) is 0 Å². The van der Waals surface area contributed by atoms with E-state index in [1.807, 2.05) is 30.3 Å². The minimum atomic E-state index is 0.656. The number of anilines is 4. The first-order valence-corrected chi connectivity index (χ1v) is 9.33. The van der Waals surface area contributed by atoms with E-state index in [9.17, 15) is 0 Å². The van der Waals surface area contributed by atoms with E-state index in [4.69, 9.17) is 5.26 Å². The van der Waals surface area contributed by atoms with Crippen LogP contribution in [0.5, 0.6) is 0 Å². The third-order valence-electron chi connectivity index (χ3n) is 5.09. The molecule has 3 heteroatoms. The average Bonchev–Trinajstić information content (AvgIpc) is 2.78. The largest absolute Gasteiger partial charge is 0.309 e. The Labute approximate surface area is 164 Å². The normalized spacial score (nSPS) is 14.5. The van der Waals surface area contributed by atoms with Gasteiger partial charge in [-0.3, -0.25) is 4.90 Å². The Hall–Kier alpha value is -3.95. The molecular weight excluding hydrogens is 342 g/mol. The Kier molecular flexibility index (Phi) is 3.86. The molecule has 0 N–H and O–H groups in total. The zero-order valence-corrected chi connectivity index (χ0v) is 15.3. The minimum absolute atomic E-state index is 0.656. The van der Waals surface area contributed by atoms with E-state index in [0.29, 0.717) is 5.56 Å². The lowest BCUT2D eigenvalue weighted by Gasteiger charge is -2.41. The fourth-order valence-corrected chi connectivity index (χ4v) is 3.85. The number of para-hydroxylation sites is 3. The van der Waals surface area contributed by atoms with Crippen LogP contribution in [-0.2, 0) is 0 Å². The van der Waals surface area contributed by atoms with Crippen LogP contribution >= 0.6 is 0 Å². The molecule has 0 aromatic heterocycles. The highest BCUT2D eigenvalue weighted by Crippen LogP contribution is 2.48. The van der Waals surface area contributed by atoms with E-state index in [0.717, 1.165) is 41.3 Å². The van der Waals surface area contributed by atoms with E-state index in [1.165, 1.54) is 5.70 Å². The zero-order valence-electron chi connectivity index (χ0n) is 15.3. The van der Waals surface area contributed by atoms with E-state index in [2.05, 4.69) is 76.2 Å². The molecule has 28 heavy (non-hydrogen) atoms. The number of fused-ring (bicyclic) bond motifs is 1. The summed E-state index contributed by atoms with van der Waals surface area (Å²) in [6, 6.07) is 28.8. The van der Waals surface area contributed by atoms with Crippen molar-refractivity contribution in [1.29, 1.82) is 5.26 Å². The summed E-state index contributed by atoms with van der Waals surface area (Å²) in [6.45, 7) is 0. The molecule has 5 rings (SSSR count). The van der Waals surface area contributed by atoms with Crippen molar-refractivity contribution in [2.75, 3.05) is 9.80 Å². The molecule has 0 spiro atoms. The van der Waals surface area contributed by atoms with E-state index in [1.54, 1.807) is 0 Å². The number of nitriles is 1. The lowest BCUT2D eigenvalue weighted by atomic mass is 10.00. The molecule has 0 atom stereocenters. The average molecular weight is 359 g/mol. The van der Waals surface area contributed by atoms with Gasteiger partial charge in [-0.25, -0.2) is 0 Å². The summed E-state index contributed by atoms with van der Waals surface area (Å²) in [6.07, 6.45) is 1.75. The van der Waals surface area contributed by atoms with Crippen molar-refractivity contribution < 1.29 is 0 Å². The van der Waals surface area contributed by atoms with E-state index >= 15 is 0 Å². The molecule has 132 valence electrons. The Bertz CT molecular complexity index is 1170. The number of hydrogen-bond acceptors (Lipinski definition) is 3. The van der Waals surface area contributed by atoms with E-state index in [-0.39, 0.29) is 0 Å². The Balaban J connectivity index is 1.75. The summed E-state index contributed by atoms with van der Waals surface area (Å²) in [5.41, 5.74) is 7.27. The maximum Gasteiger partial charge on any atom is 0.117 e.